The monoisotopic (exact) mass is 550 g/mol. The first kappa shape index (κ1) is 30.7. The van der Waals surface area contributed by atoms with Crippen molar-refractivity contribution < 1.29 is 23.9 Å². The van der Waals surface area contributed by atoms with E-state index in [1.807, 2.05) is 63.2 Å². The first-order valence-corrected chi connectivity index (χ1v) is 13.9. The fourth-order valence-electron chi connectivity index (χ4n) is 4.62. The Hall–Kier alpha value is -3.88. The summed E-state index contributed by atoms with van der Waals surface area (Å²) >= 11 is 0. The normalized spacial score (nSPS) is 14.6. The van der Waals surface area contributed by atoms with E-state index in [9.17, 15) is 19.2 Å². The lowest BCUT2D eigenvalue weighted by Crippen LogP contribution is -2.53. The Morgan fingerprint density at radius 3 is 2.12 bits per heavy atom. The summed E-state index contributed by atoms with van der Waals surface area (Å²) in [6.07, 6.45) is 1.36. The van der Waals surface area contributed by atoms with Crippen molar-refractivity contribution in [3.05, 3.63) is 64.7 Å². The van der Waals surface area contributed by atoms with Crippen LogP contribution in [0.4, 0.5) is 10.5 Å². The van der Waals surface area contributed by atoms with Gasteiger partial charge in [0.05, 0.1) is 0 Å². The van der Waals surface area contributed by atoms with Crippen LogP contribution < -0.4 is 16.4 Å². The van der Waals surface area contributed by atoms with Crippen molar-refractivity contribution in [1.29, 1.82) is 0 Å². The maximum Gasteiger partial charge on any atom is 0.408 e. The lowest BCUT2D eigenvalue weighted by Gasteiger charge is -2.35. The van der Waals surface area contributed by atoms with Crippen molar-refractivity contribution in [3.63, 3.8) is 0 Å². The Morgan fingerprint density at radius 1 is 1.02 bits per heavy atom. The van der Waals surface area contributed by atoms with Gasteiger partial charge in [-0.2, -0.15) is 0 Å². The summed E-state index contributed by atoms with van der Waals surface area (Å²) in [5.74, 6) is -1.41. The van der Waals surface area contributed by atoms with Crippen molar-refractivity contribution in [3.8, 4) is 0 Å². The molecule has 1 fully saturated rings. The number of anilines is 1. The number of nitrogens with one attached hydrogen (secondary N) is 2. The molecule has 1 aliphatic rings. The number of hydrogen-bond acceptors (Lipinski definition) is 5. The van der Waals surface area contributed by atoms with E-state index in [0.29, 0.717) is 11.3 Å². The number of alkyl carbamates (subject to hydrolysis) is 1. The highest BCUT2D eigenvalue weighted by atomic mass is 16.6. The van der Waals surface area contributed by atoms with E-state index >= 15 is 0 Å². The van der Waals surface area contributed by atoms with Gasteiger partial charge in [0, 0.05) is 18.2 Å². The largest absolute Gasteiger partial charge is 0.444 e. The Kier molecular flexibility index (Phi) is 9.95. The summed E-state index contributed by atoms with van der Waals surface area (Å²) in [7, 11) is 0. The molecule has 0 radical (unpaired) electrons. The molecule has 0 aromatic heterocycles. The lowest BCUT2D eigenvalue weighted by molar-refractivity contribution is -0.141. The zero-order chi connectivity index (χ0) is 29.6. The number of nitrogens with zero attached hydrogens (tertiary/aromatic N) is 1. The molecule has 9 heteroatoms. The van der Waals surface area contributed by atoms with E-state index in [0.717, 1.165) is 36.0 Å². The number of carbonyl (C=O) groups is 4. The average Bonchev–Trinajstić information content (AvgIpc) is 3.71. The van der Waals surface area contributed by atoms with Gasteiger partial charge in [-0.1, -0.05) is 49.4 Å². The highest BCUT2D eigenvalue weighted by Gasteiger charge is 2.44. The van der Waals surface area contributed by atoms with Crippen molar-refractivity contribution in [2.75, 3.05) is 5.32 Å². The minimum Gasteiger partial charge on any atom is -0.444 e. The Labute approximate surface area is 236 Å². The quantitative estimate of drug-likeness (QED) is 0.373. The van der Waals surface area contributed by atoms with E-state index in [4.69, 9.17) is 10.5 Å². The Bertz CT molecular complexity index is 1210. The lowest BCUT2D eigenvalue weighted by atomic mass is 9.99. The number of hydrogen-bond donors (Lipinski definition) is 3. The number of ether oxygens (including phenoxy) is 1. The third kappa shape index (κ3) is 8.31. The molecule has 2 atom stereocenters. The molecule has 40 heavy (non-hydrogen) atoms. The molecule has 1 saturated carbocycles. The second kappa shape index (κ2) is 13.0. The van der Waals surface area contributed by atoms with Gasteiger partial charge in [-0.15, -0.1) is 0 Å². The first-order chi connectivity index (χ1) is 18.8. The molecule has 3 rings (SSSR count). The predicted molar refractivity (Wildman–Crippen MR) is 155 cm³/mol. The van der Waals surface area contributed by atoms with Gasteiger partial charge in [-0.05, 0) is 82.6 Å². The summed E-state index contributed by atoms with van der Waals surface area (Å²) in [6, 6.07) is 11.2. The van der Waals surface area contributed by atoms with Gasteiger partial charge in [-0.3, -0.25) is 14.4 Å². The number of primary amides is 1. The van der Waals surface area contributed by atoms with Gasteiger partial charge in [0.1, 0.15) is 17.7 Å². The Balaban J connectivity index is 2.02. The number of amides is 4. The SMILES string of the molecule is CCc1ccc(C(C(=O)Nc2c(C)cccc2C)N(C(=O)C(CCC(N)=O)NC(=O)OC(C)(C)C)C2CC2)cc1. The topological polar surface area (TPSA) is 131 Å². The Morgan fingerprint density at radius 2 is 1.62 bits per heavy atom. The molecular formula is C31H42N4O5. The molecule has 0 spiro atoms. The zero-order valence-corrected chi connectivity index (χ0v) is 24.4. The van der Waals surface area contributed by atoms with Crippen molar-refractivity contribution in [2.24, 2.45) is 5.73 Å². The van der Waals surface area contributed by atoms with Crippen LogP contribution >= 0.6 is 0 Å². The predicted octanol–water partition coefficient (Wildman–Crippen LogP) is 4.70. The smallest absolute Gasteiger partial charge is 0.408 e. The van der Waals surface area contributed by atoms with Gasteiger partial charge in [0.25, 0.3) is 5.91 Å². The summed E-state index contributed by atoms with van der Waals surface area (Å²) in [5.41, 5.74) is 8.88. The number of carbonyl (C=O) groups excluding carboxylic acids is 4. The molecule has 2 unspecified atom stereocenters. The minimum absolute atomic E-state index is 0.0172. The number of nitrogens with two attached hydrogens (primary N) is 1. The highest BCUT2D eigenvalue weighted by Crippen LogP contribution is 2.37. The van der Waals surface area contributed by atoms with Crippen molar-refractivity contribution >= 4 is 29.5 Å². The summed E-state index contributed by atoms with van der Waals surface area (Å²) in [5, 5.41) is 5.70. The van der Waals surface area contributed by atoms with Crippen LogP contribution in [0.15, 0.2) is 42.5 Å². The number of para-hydroxylation sites is 1. The van der Waals surface area contributed by atoms with Crippen LogP contribution in [-0.2, 0) is 25.5 Å². The van der Waals surface area contributed by atoms with Gasteiger partial charge in [-0.25, -0.2) is 4.79 Å². The average molecular weight is 551 g/mol. The van der Waals surface area contributed by atoms with Crippen molar-refractivity contribution in [2.45, 2.75) is 97.4 Å². The van der Waals surface area contributed by atoms with Crippen LogP contribution in [0.3, 0.4) is 0 Å². The molecule has 2 aromatic rings. The van der Waals surface area contributed by atoms with E-state index < -0.39 is 35.6 Å². The number of benzene rings is 2. The molecule has 0 heterocycles. The second-order valence-corrected chi connectivity index (χ2v) is 11.4. The summed E-state index contributed by atoms with van der Waals surface area (Å²) in [6.45, 7) is 11.0. The van der Waals surface area contributed by atoms with Crippen LogP contribution in [-0.4, -0.2) is 46.4 Å². The summed E-state index contributed by atoms with van der Waals surface area (Å²) < 4.78 is 5.39. The van der Waals surface area contributed by atoms with E-state index in [1.54, 1.807) is 25.7 Å². The molecule has 4 amide bonds. The van der Waals surface area contributed by atoms with Gasteiger partial charge in [0.15, 0.2) is 0 Å². The van der Waals surface area contributed by atoms with Crippen molar-refractivity contribution in [1.82, 2.24) is 10.2 Å². The minimum atomic E-state index is -1.10. The first-order valence-electron chi connectivity index (χ1n) is 13.9. The molecule has 0 aliphatic heterocycles. The van der Waals surface area contributed by atoms with Crippen LogP contribution in [0.1, 0.15) is 81.7 Å². The molecule has 9 nitrogen and oxygen atoms in total. The molecule has 2 aromatic carbocycles. The third-order valence-electron chi connectivity index (χ3n) is 6.82. The molecule has 4 N–H and O–H groups in total. The van der Waals surface area contributed by atoms with E-state index in [1.165, 1.54) is 0 Å². The van der Waals surface area contributed by atoms with E-state index in [-0.39, 0.29) is 24.8 Å². The third-order valence-corrected chi connectivity index (χ3v) is 6.82. The van der Waals surface area contributed by atoms with Crippen LogP contribution in [0.5, 0.6) is 0 Å². The van der Waals surface area contributed by atoms with Gasteiger partial charge in [0.2, 0.25) is 11.8 Å². The molecule has 0 bridgehead atoms. The van der Waals surface area contributed by atoms with Gasteiger partial charge >= 0.3 is 6.09 Å². The molecule has 216 valence electrons. The zero-order valence-electron chi connectivity index (χ0n) is 24.4. The standard InChI is InChI=1S/C31H42N4O5/c1-7-21-11-13-22(14-12-21)27(28(37)34-26-19(2)9-8-10-20(26)3)35(23-15-16-23)29(38)24(17-18-25(32)36)33-30(39)40-31(4,5)6/h8-14,23-24,27H,7,15-18H2,1-6H3,(H2,32,36)(H,33,39)(H,34,37). The van der Waals surface area contributed by atoms with E-state index in [2.05, 4.69) is 10.6 Å². The van der Waals surface area contributed by atoms with Crippen LogP contribution in [0.2, 0.25) is 0 Å². The highest BCUT2D eigenvalue weighted by molar-refractivity contribution is 6.00. The number of rotatable bonds is 11. The van der Waals surface area contributed by atoms with Crippen LogP contribution in [0.25, 0.3) is 0 Å². The fraction of sp³-hybridized carbons (Fsp3) is 0.484. The molecular weight excluding hydrogens is 508 g/mol. The molecule has 1 aliphatic carbocycles. The fourth-order valence-corrected chi connectivity index (χ4v) is 4.62. The maximum absolute atomic E-state index is 14.2. The van der Waals surface area contributed by atoms with Gasteiger partial charge < -0.3 is 26.0 Å². The second-order valence-electron chi connectivity index (χ2n) is 11.4. The summed E-state index contributed by atoms with van der Waals surface area (Å²) in [4.78, 5) is 54.1. The van der Waals surface area contributed by atoms with Crippen LogP contribution in [0, 0.1) is 13.8 Å². The number of aryl methyl sites for hydroxylation is 3. The molecule has 0 saturated heterocycles. The maximum atomic E-state index is 14.2.